The van der Waals surface area contributed by atoms with E-state index in [2.05, 4.69) is 14.9 Å². The van der Waals surface area contributed by atoms with E-state index in [0.717, 1.165) is 31.7 Å². The average molecular weight is 272 g/mol. The van der Waals surface area contributed by atoms with Crippen molar-refractivity contribution in [2.24, 2.45) is 0 Å². The van der Waals surface area contributed by atoms with Gasteiger partial charge in [0.25, 0.3) is 0 Å². The molecule has 0 atom stereocenters. The lowest BCUT2D eigenvalue weighted by molar-refractivity contribution is 0.128. The van der Waals surface area contributed by atoms with Gasteiger partial charge in [-0.15, -0.1) is 0 Å². The van der Waals surface area contributed by atoms with E-state index in [0.29, 0.717) is 24.2 Å². The molecule has 0 unspecified atom stereocenters. The van der Waals surface area contributed by atoms with Crippen LogP contribution in [0.4, 0.5) is 5.82 Å². The van der Waals surface area contributed by atoms with Crippen LogP contribution in [0.25, 0.3) is 0 Å². The number of ether oxygens (including phenoxy) is 1. The molecule has 1 aromatic rings. The minimum absolute atomic E-state index is 0.193. The molecule has 1 fully saturated rings. The van der Waals surface area contributed by atoms with Crippen molar-refractivity contribution in [3.8, 4) is 0 Å². The molecule has 0 saturated carbocycles. The van der Waals surface area contributed by atoms with Crippen molar-refractivity contribution in [1.82, 2.24) is 9.97 Å². The number of hydrogen-bond donors (Lipinski definition) is 1. The summed E-state index contributed by atoms with van der Waals surface area (Å²) < 4.78 is 5.29. The van der Waals surface area contributed by atoms with Gasteiger partial charge in [0, 0.05) is 25.8 Å². The van der Waals surface area contributed by atoms with E-state index in [1.54, 1.807) is 6.07 Å². The predicted molar refractivity (Wildman–Crippen MR) is 69.8 cm³/mol. The molecule has 2 heterocycles. The summed E-state index contributed by atoms with van der Waals surface area (Å²) in [4.78, 5) is 10.7. The van der Waals surface area contributed by atoms with Crippen molar-refractivity contribution in [2.75, 3.05) is 24.6 Å². The highest BCUT2D eigenvalue weighted by atomic mass is 35.5. The highest BCUT2D eigenvalue weighted by Crippen LogP contribution is 2.20. The lowest BCUT2D eigenvalue weighted by Crippen LogP contribution is -2.36. The zero-order valence-electron chi connectivity index (χ0n) is 10.5. The summed E-state index contributed by atoms with van der Waals surface area (Å²) in [5, 5.41) is 9.93. The van der Waals surface area contributed by atoms with E-state index in [4.69, 9.17) is 16.3 Å². The fraction of sp³-hybridized carbons (Fsp3) is 0.667. The van der Waals surface area contributed by atoms with E-state index >= 15 is 0 Å². The minimum Gasteiger partial charge on any atom is -0.393 e. The van der Waals surface area contributed by atoms with Crippen molar-refractivity contribution in [2.45, 2.75) is 32.5 Å². The molecule has 5 nitrogen and oxygen atoms in total. The van der Waals surface area contributed by atoms with Crippen LogP contribution in [-0.4, -0.2) is 40.9 Å². The third kappa shape index (κ3) is 3.54. The molecule has 1 N–H and O–H groups in total. The van der Waals surface area contributed by atoms with Gasteiger partial charge in [0.1, 0.15) is 17.6 Å². The number of aliphatic hydroxyl groups is 1. The fourth-order valence-electron chi connectivity index (χ4n) is 1.97. The number of anilines is 1. The van der Waals surface area contributed by atoms with Crippen LogP contribution in [-0.2, 0) is 11.3 Å². The minimum atomic E-state index is -0.193. The zero-order chi connectivity index (χ0) is 13.0. The molecule has 0 amide bonds. The van der Waals surface area contributed by atoms with Crippen molar-refractivity contribution < 1.29 is 9.84 Å². The molecule has 1 aliphatic heterocycles. The Hall–Kier alpha value is -0.910. The zero-order valence-corrected chi connectivity index (χ0v) is 11.2. The molecule has 100 valence electrons. The summed E-state index contributed by atoms with van der Waals surface area (Å²) in [5.41, 5.74) is 0. The maximum Gasteiger partial charge on any atom is 0.158 e. The molecule has 1 aromatic heterocycles. The first-order valence-corrected chi connectivity index (χ1v) is 6.61. The summed E-state index contributed by atoms with van der Waals surface area (Å²) in [6, 6.07) is 1.76. The van der Waals surface area contributed by atoms with Crippen LogP contribution in [0.3, 0.4) is 0 Å². The standard InChI is InChI=1S/C12H18ClN3O2/c1-2-18-8-11-14-10(13)7-12(15-11)16-5-3-9(17)4-6-16/h7,9,17H,2-6,8H2,1H3. The van der Waals surface area contributed by atoms with E-state index < -0.39 is 0 Å². The van der Waals surface area contributed by atoms with Crippen LogP contribution >= 0.6 is 11.6 Å². The lowest BCUT2D eigenvalue weighted by Gasteiger charge is -2.30. The maximum absolute atomic E-state index is 9.49. The Balaban J connectivity index is 2.09. The number of piperidine rings is 1. The maximum atomic E-state index is 9.49. The number of nitrogens with zero attached hydrogens (tertiary/aromatic N) is 3. The number of rotatable bonds is 4. The van der Waals surface area contributed by atoms with E-state index in [1.165, 1.54) is 0 Å². The first-order chi connectivity index (χ1) is 8.69. The summed E-state index contributed by atoms with van der Waals surface area (Å²) in [5.74, 6) is 1.42. The Morgan fingerprint density at radius 1 is 1.44 bits per heavy atom. The van der Waals surface area contributed by atoms with E-state index in [-0.39, 0.29) is 6.10 Å². The molecule has 18 heavy (non-hydrogen) atoms. The number of hydrogen-bond acceptors (Lipinski definition) is 5. The molecule has 0 aliphatic carbocycles. The third-order valence-corrected chi connectivity index (χ3v) is 3.15. The second kappa shape index (κ2) is 6.31. The van der Waals surface area contributed by atoms with Crippen LogP contribution in [0.2, 0.25) is 5.15 Å². The second-order valence-corrected chi connectivity index (χ2v) is 4.71. The fourth-order valence-corrected chi connectivity index (χ4v) is 2.16. The number of aromatic nitrogens is 2. The van der Waals surface area contributed by atoms with Crippen LogP contribution in [0.1, 0.15) is 25.6 Å². The summed E-state index contributed by atoms with van der Waals surface area (Å²) >= 11 is 5.99. The quantitative estimate of drug-likeness (QED) is 0.844. The van der Waals surface area contributed by atoms with Crippen LogP contribution < -0.4 is 4.90 Å². The molecule has 1 aliphatic rings. The third-order valence-electron chi connectivity index (χ3n) is 2.95. The first-order valence-electron chi connectivity index (χ1n) is 6.23. The Bertz CT molecular complexity index is 395. The summed E-state index contributed by atoms with van der Waals surface area (Å²) in [6.45, 7) is 4.52. The normalized spacial score (nSPS) is 17.2. The van der Waals surface area contributed by atoms with Crippen molar-refractivity contribution >= 4 is 17.4 Å². The van der Waals surface area contributed by atoms with Gasteiger partial charge >= 0.3 is 0 Å². The lowest BCUT2D eigenvalue weighted by atomic mass is 10.1. The molecule has 1 saturated heterocycles. The molecule has 0 aromatic carbocycles. The second-order valence-electron chi connectivity index (χ2n) is 4.32. The molecule has 2 rings (SSSR count). The van der Waals surface area contributed by atoms with Gasteiger partial charge in [-0.25, -0.2) is 9.97 Å². The van der Waals surface area contributed by atoms with Crippen LogP contribution in [0.15, 0.2) is 6.07 Å². The SMILES string of the molecule is CCOCc1nc(Cl)cc(N2CCC(O)CC2)n1. The molecule has 0 bridgehead atoms. The number of aliphatic hydroxyl groups excluding tert-OH is 1. The van der Waals surface area contributed by atoms with Gasteiger partial charge in [-0.05, 0) is 19.8 Å². The van der Waals surface area contributed by atoms with Gasteiger partial charge in [-0.1, -0.05) is 11.6 Å². The predicted octanol–water partition coefficient (Wildman–Crippen LogP) is 1.63. The molecule has 0 radical (unpaired) electrons. The molecule has 0 spiro atoms. The smallest absolute Gasteiger partial charge is 0.158 e. The van der Waals surface area contributed by atoms with Crippen molar-refractivity contribution in [1.29, 1.82) is 0 Å². The van der Waals surface area contributed by atoms with Gasteiger partial charge < -0.3 is 14.7 Å². The Morgan fingerprint density at radius 2 is 2.17 bits per heavy atom. The van der Waals surface area contributed by atoms with Crippen LogP contribution in [0.5, 0.6) is 0 Å². The Morgan fingerprint density at radius 3 is 2.83 bits per heavy atom. The topological polar surface area (TPSA) is 58.5 Å². The summed E-state index contributed by atoms with van der Waals surface area (Å²) in [6.07, 6.45) is 1.34. The molecule has 6 heteroatoms. The number of halogens is 1. The largest absolute Gasteiger partial charge is 0.393 e. The van der Waals surface area contributed by atoms with Crippen molar-refractivity contribution in [3.05, 3.63) is 17.0 Å². The Labute approximate surface area is 112 Å². The van der Waals surface area contributed by atoms with Gasteiger partial charge in [0.2, 0.25) is 0 Å². The van der Waals surface area contributed by atoms with E-state index in [9.17, 15) is 5.11 Å². The first kappa shape index (κ1) is 13.5. The van der Waals surface area contributed by atoms with Crippen LogP contribution in [0, 0.1) is 0 Å². The Kier molecular flexibility index (Phi) is 4.74. The monoisotopic (exact) mass is 271 g/mol. The van der Waals surface area contributed by atoms with Gasteiger partial charge in [-0.2, -0.15) is 0 Å². The average Bonchev–Trinajstić information content (AvgIpc) is 2.36. The highest BCUT2D eigenvalue weighted by Gasteiger charge is 2.19. The van der Waals surface area contributed by atoms with Crippen molar-refractivity contribution in [3.63, 3.8) is 0 Å². The van der Waals surface area contributed by atoms with Gasteiger partial charge in [0.05, 0.1) is 6.10 Å². The highest BCUT2D eigenvalue weighted by molar-refractivity contribution is 6.29. The van der Waals surface area contributed by atoms with E-state index in [1.807, 2.05) is 6.92 Å². The molecular formula is C12H18ClN3O2. The van der Waals surface area contributed by atoms with Gasteiger partial charge in [-0.3, -0.25) is 0 Å². The van der Waals surface area contributed by atoms with Gasteiger partial charge in [0.15, 0.2) is 5.82 Å². The summed E-state index contributed by atoms with van der Waals surface area (Å²) in [7, 11) is 0. The molecular weight excluding hydrogens is 254 g/mol.